The van der Waals surface area contributed by atoms with Crippen LogP contribution in [0.2, 0.25) is 0 Å². The molecular formula is C16H27N3O2. The number of carbonyl (C=O) groups excluding carboxylic acids is 2. The normalized spacial score (nSPS) is 36.0. The SMILES string of the molecule is CCNC(=O)C1CCN(C(=O)C2C3CCC(C3)C2N)CC1. The van der Waals surface area contributed by atoms with E-state index in [1.165, 1.54) is 12.8 Å². The number of amides is 2. The first-order valence-corrected chi connectivity index (χ1v) is 8.44. The van der Waals surface area contributed by atoms with Crippen LogP contribution < -0.4 is 11.1 Å². The molecule has 5 heteroatoms. The summed E-state index contributed by atoms with van der Waals surface area (Å²) in [5.41, 5.74) is 6.28. The number of hydrogen-bond acceptors (Lipinski definition) is 3. The molecule has 1 aliphatic heterocycles. The standard InChI is InChI=1S/C16H27N3O2/c1-2-18-15(20)10-5-7-19(8-6-10)16(21)13-11-3-4-12(9-11)14(13)17/h10-14H,2-9,17H2,1H3,(H,18,20). The third-order valence-corrected chi connectivity index (χ3v) is 5.79. The van der Waals surface area contributed by atoms with Crippen molar-refractivity contribution >= 4 is 11.8 Å². The fourth-order valence-electron chi connectivity index (χ4n) is 4.59. The number of carbonyl (C=O) groups is 2. The van der Waals surface area contributed by atoms with Gasteiger partial charge in [-0.15, -0.1) is 0 Å². The van der Waals surface area contributed by atoms with Gasteiger partial charge in [-0.2, -0.15) is 0 Å². The molecule has 1 saturated heterocycles. The van der Waals surface area contributed by atoms with E-state index in [-0.39, 0.29) is 29.7 Å². The zero-order valence-electron chi connectivity index (χ0n) is 12.9. The van der Waals surface area contributed by atoms with Gasteiger partial charge in [-0.05, 0) is 50.9 Å². The Kier molecular flexibility index (Phi) is 4.20. The van der Waals surface area contributed by atoms with Crippen LogP contribution in [0.5, 0.6) is 0 Å². The molecule has 2 saturated carbocycles. The van der Waals surface area contributed by atoms with Crippen LogP contribution in [0.4, 0.5) is 0 Å². The zero-order chi connectivity index (χ0) is 15.0. The van der Waals surface area contributed by atoms with Gasteiger partial charge in [0.1, 0.15) is 0 Å². The van der Waals surface area contributed by atoms with Crippen molar-refractivity contribution in [2.45, 2.75) is 45.1 Å². The summed E-state index contributed by atoms with van der Waals surface area (Å²) in [6.45, 7) is 4.04. The molecule has 0 aromatic carbocycles. The Labute approximate surface area is 126 Å². The molecule has 0 radical (unpaired) electrons. The molecule has 2 amide bonds. The first-order chi connectivity index (χ1) is 10.1. The molecule has 0 aromatic rings. The maximum Gasteiger partial charge on any atom is 0.227 e. The monoisotopic (exact) mass is 293 g/mol. The van der Waals surface area contributed by atoms with Crippen LogP contribution in [-0.4, -0.2) is 42.4 Å². The average molecular weight is 293 g/mol. The predicted octanol–water partition coefficient (Wildman–Crippen LogP) is 0.735. The minimum absolute atomic E-state index is 0.0461. The Morgan fingerprint density at radius 2 is 1.81 bits per heavy atom. The van der Waals surface area contributed by atoms with Gasteiger partial charge in [0, 0.05) is 31.6 Å². The number of hydrogen-bond donors (Lipinski definition) is 2. The average Bonchev–Trinajstić information content (AvgIpc) is 3.08. The molecule has 3 N–H and O–H groups in total. The van der Waals surface area contributed by atoms with E-state index in [9.17, 15) is 9.59 Å². The number of likely N-dealkylation sites (tertiary alicyclic amines) is 1. The molecule has 4 atom stereocenters. The highest BCUT2D eigenvalue weighted by molar-refractivity contribution is 5.82. The van der Waals surface area contributed by atoms with E-state index in [1.54, 1.807) is 0 Å². The van der Waals surface area contributed by atoms with Crippen molar-refractivity contribution < 1.29 is 9.59 Å². The smallest absolute Gasteiger partial charge is 0.227 e. The summed E-state index contributed by atoms with van der Waals surface area (Å²) in [5.74, 6) is 1.59. The first-order valence-electron chi connectivity index (χ1n) is 8.44. The van der Waals surface area contributed by atoms with Gasteiger partial charge in [0.15, 0.2) is 0 Å². The Morgan fingerprint density at radius 1 is 1.14 bits per heavy atom. The van der Waals surface area contributed by atoms with Crippen molar-refractivity contribution in [3.63, 3.8) is 0 Å². The lowest BCUT2D eigenvalue weighted by molar-refractivity contribution is -0.141. The summed E-state index contributed by atoms with van der Waals surface area (Å²) in [5, 5.41) is 2.88. The van der Waals surface area contributed by atoms with Crippen LogP contribution in [0.25, 0.3) is 0 Å². The van der Waals surface area contributed by atoms with Crippen LogP contribution >= 0.6 is 0 Å². The van der Waals surface area contributed by atoms with Crippen molar-refractivity contribution in [1.29, 1.82) is 0 Å². The molecule has 0 spiro atoms. The topological polar surface area (TPSA) is 75.4 Å². The lowest BCUT2D eigenvalue weighted by Gasteiger charge is -2.36. The lowest BCUT2D eigenvalue weighted by atomic mass is 9.83. The minimum Gasteiger partial charge on any atom is -0.356 e. The van der Waals surface area contributed by atoms with Crippen LogP contribution in [0.15, 0.2) is 0 Å². The second-order valence-electron chi connectivity index (χ2n) is 6.93. The van der Waals surface area contributed by atoms with Gasteiger partial charge < -0.3 is 16.0 Å². The minimum atomic E-state index is 0.0461. The van der Waals surface area contributed by atoms with E-state index in [4.69, 9.17) is 5.73 Å². The summed E-state index contributed by atoms with van der Waals surface area (Å²) >= 11 is 0. The number of piperidine rings is 1. The molecule has 3 rings (SSSR count). The number of nitrogens with one attached hydrogen (secondary N) is 1. The Balaban J connectivity index is 1.55. The molecule has 3 fully saturated rings. The summed E-state index contributed by atoms with van der Waals surface area (Å²) in [7, 11) is 0. The molecule has 0 aromatic heterocycles. The van der Waals surface area contributed by atoms with E-state index in [2.05, 4.69) is 5.32 Å². The van der Waals surface area contributed by atoms with E-state index < -0.39 is 0 Å². The van der Waals surface area contributed by atoms with E-state index in [0.29, 0.717) is 31.5 Å². The van der Waals surface area contributed by atoms with Crippen LogP contribution in [0.1, 0.15) is 39.0 Å². The molecular weight excluding hydrogens is 266 g/mol. The summed E-state index contributed by atoms with van der Waals surface area (Å²) < 4.78 is 0. The molecule has 2 bridgehead atoms. The number of fused-ring (bicyclic) bond motifs is 2. The lowest BCUT2D eigenvalue weighted by Crippen LogP contribution is -2.50. The van der Waals surface area contributed by atoms with Crippen molar-refractivity contribution in [2.75, 3.05) is 19.6 Å². The zero-order valence-corrected chi connectivity index (χ0v) is 12.9. The summed E-state index contributed by atoms with van der Waals surface area (Å²) in [6.07, 6.45) is 5.09. The molecule has 5 nitrogen and oxygen atoms in total. The number of rotatable bonds is 3. The van der Waals surface area contributed by atoms with Crippen molar-refractivity contribution in [2.24, 2.45) is 29.4 Å². The van der Waals surface area contributed by atoms with Crippen molar-refractivity contribution in [3.05, 3.63) is 0 Å². The Morgan fingerprint density at radius 3 is 2.38 bits per heavy atom. The molecule has 21 heavy (non-hydrogen) atoms. The second-order valence-corrected chi connectivity index (χ2v) is 6.93. The quantitative estimate of drug-likeness (QED) is 0.805. The van der Waals surface area contributed by atoms with Crippen molar-refractivity contribution in [1.82, 2.24) is 10.2 Å². The third kappa shape index (κ3) is 2.68. The van der Waals surface area contributed by atoms with Gasteiger partial charge >= 0.3 is 0 Å². The van der Waals surface area contributed by atoms with Gasteiger partial charge in [0.25, 0.3) is 0 Å². The van der Waals surface area contributed by atoms with Crippen LogP contribution in [-0.2, 0) is 9.59 Å². The van der Waals surface area contributed by atoms with Crippen molar-refractivity contribution in [3.8, 4) is 0 Å². The highest BCUT2D eigenvalue weighted by atomic mass is 16.2. The Hall–Kier alpha value is -1.10. The maximum absolute atomic E-state index is 12.7. The van der Waals surface area contributed by atoms with Gasteiger partial charge in [0.05, 0.1) is 5.92 Å². The molecule has 3 aliphatic rings. The van der Waals surface area contributed by atoms with Gasteiger partial charge in [-0.1, -0.05) is 0 Å². The Bertz CT molecular complexity index is 416. The van der Waals surface area contributed by atoms with E-state index >= 15 is 0 Å². The molecule has 118 valence electrons. The predicted molar refractivity (Wildman–Crippen MR) is 80.3 cm³/mol. The number of nitrogens with two attached hydrogens (primary N) is 1. The highest BCUT2D eigenvalue weighted by Crippen LogP contribution is 2.48. The summed E-state index contributed by atoms with van der Waals surface area (Å²) in [4.78, 5) is 26.6. The molecule has 2 aliphatic carbocycles. The fraction of sp³-hybridized carbons (Fsp3) is 0.875. The largest absolute Gasteiger partial charge is 0.356 e. The second kappa shape index (κ2) is 5.95. The molecule has 1 heterocycles. The first kappa shape index (κ1) is 14.8. The van der Waals surface area contributed by atoms with E-state index in [1.807, 2.05) is 11.8 Å². The van der Waals surface area contributed by atoms with E-state index in [0.717, 1.165) is 19.3 Å². The van der Waals surface area contributed by atoms with Crippen LogP contribution in [0, 0.1) is 23.7 Å². The van der Waals surface area contributed by atoms with Gasteiger partial charge in [-0.25, -0.2) is 0 Å². The highest BCUT2D eigenvalue weighted by Gasteiger charge is 2.50. The number of nitrogens with zero attached hydrogens (tertiary/aromatic N) is 1. The van der Waals surface area contributed by atoms with Gasteiger partial charge in [0.2, 0.25) is 11.8 Å². The molecule has 4 unspecified atom stereocenters. The van der Waals surface area contributed by atoms with Crippen LogP contribution in [0.3, 0.4) is 0 Å². The van der Waals surface area contributed by atoms with Gasteiger partial charge in [-0.3, -0.25) is 9.59 Å². The third-order valence-electron chi connectivity index (χ3n) is 5.79. The summed E-state index contributed by atoms with van der Waals surface area (Å²) in [6, 6.07) is 0.0670. The maximum atomic E-state index is 12.7. The fourth-order valence-corrected chi connectivity index (χ4v) is 4.59.